The van der Waals surface area contributed by atoms with E-state index in [-0.39, 0.29) is 0 Å². The van der Waals surface area contributed by atoms with Crippen molar-refractivity contribution in [3.05, 3.63) is 72.3 Å². The normalized spacial score (nSPS) is 10.7. The number of hydrogen-bond donors (Lipinski definition) is 0. The fourth-order valence-electron chi connectivity index (χ4n) is 1.91. The van der Waals surface area contributed by atoms with Gasteiger partial charge in [0, 0.05) is 24.8 Å². The predicted molar refractivity (Wildman–Crippen MR) is 69.1 cm³/mol. The first-order valence-corrected chi connectivity index (χ1v) is 5.93. The van der Waals surface area contributed by atoms with Gasteiger partial charge in [-0.15, -0.1) is 0 Å². The smallest absolute Gasteiger partial charge is 0.0659 e. The molecule has 90 valence electrons. The van der Waals surface area contributed by atoms with Gasteiger partial charge in [0.2, 0.25) is 0 Å². The van der Waals surface area contributed by atoms with Crippen molar-refractivity contribution in [3.63, 3.8) is 0 Å². The number of aromatic nitrogens is 4. The summed E-state index contributed by atoms with van der Waals surface area (Å²) in [6, 6.07) is 12.4. The Morgan fingerprint density at radius 2 is 1.17 bits per heavy atom. The molecule has 0 aliphatic carbocycles. The summed E-state index contributed by atoms with van der Waals surface area (Å²) in [5.41, 5.74) is 2.51. The van der Waals surface area contributed by atoms with Crippen molar-refractivity contribution >= 4 is 0 Å². The standard InChI is InChI=1S/C14H14N4/c1-7-15-17(9-1)11-13-3-5-14(6-4-13)12-18-10-2-8-16-18/h1-10H,11-12H2. The molecular weight excluding hydrogens is 224 g/mol. The highest BCUT2D eigenvalue weighted by atomic mass is 15.3. The fourth-order valence-corrected chi connectivity index (χ4v) is 1.91. The Bertz CT molecular complexity index is 524. The van der Waals surface area contributed by atoms with Crippen molar-refractivity contribution < 1.29 is 0 Å². The van der Waals surface area contributed by atoms with Crippen LogP contribution in [0.4, 0.5) is 0 Å². The summed E-state index contributed by atoms with van der Waals surface area (Å²) >= 11 is 0. The van der Waals surface area contributed by atoms with Crippen LogP contribution >= 0.6 is 0 Å². The molecule has 3 rings (SSSR count). The molecule has 0 unspecified atom stereocenters. The van der Waals surface area contributed by atoms with Crippen molar-refractivity contribution in [1.82, 2.24) is 19.6 Å². The van der Waals surface area contributed by atoms with Crippen molar-refractivity contribution in [2.45, 2.75) is 13.1 Å². The fraction of sp³-hybridized carbons (Fsp3) is 0.143. The molecule has 4 heteroatoms. The first-order valence-electron chi connectivity index (χ1n) is 5.93. The molecule has 0 saturated carbocycles. The summed E-state index contributed by atoms with van der Waals surface area (Å²) in [6.45, 7) is 1.63. The van der Waals surface area contributed by atoms with Crippen molar-refractivity contribution in [2.75, 3.05) is 0 Å². The van der Waals surface area contributed by atoms with E-state index in [0.717, 1.165) is 13.1 Å². The zero-order chi connectivity index (χ0) is 12.2. The van der Waals surface area contributed by atoms with Crippen molar-refractivity contribution in [2.24, 2.45) is 0 Å². The summed E-state index contributed by atoms with van der Waals surface area (Å²) in [6.07, 6.45) is 7.54. The van der Waals surface area contributed by atoms with Gasteiger partial charge < -0.3 is 0 Å². The van der Waals surface area contributed by atoms with Crippen LogP contribution in [-0.4, -0.2) is 19.6 Å². The first-order chi connectivity index (χ1) is 8.90. The molecule has 0 spiro atoms. The molecule has 4 nitrogen and oxygen atoms in total. The molecule has 0 saturated heterocycles. The number of hydrogen-bond acceptors (Lipinski definition) is 2. The quantitative estimate of drug-likeness (QED) is 0.698. The molecule has 2 heterocycles. The van der Waals surface area contributed by atoms with Gasteiger partial charge >= 0.3 is 0 Å². The molecule has 1 aromatic carbocycles. The lowest BCUT2D eigenvalue weighted by atomic mass is 10.1. The number of nitrogens with zero attached hydrogens (tertiary/aromatic N) is 4. The van der Waals surface area contributed by atoms with Gasteiger partial charge in [-0.25, -0.2) is 0 Å². The second-order valence-corrected chi connectivity index (χ2v) is 4.22. The molecule has 0 aliphatic rings. The van der Waals surface area contributed by atoms with Crippen LogP contribution in [0.3, 0.4) is 0 Å². The Balaban J connectivity index is 1.69. The SMILES string of the molecule is c1cnn(Cc2ccc(Cn3cccn3)cc2)c1. The molecule has 3 aromatic rings. The third-order valence-corrected chi connectivity index (χ3v) is 2.83. The summed E-state index contributed by atoms with van der Waals surface area (Å²) in [5.74, 6) is 0. The second-order valence-electron chi connectivity index (χ2n) is 4.22. The zero-order valence-corrected chi connectivity index (χ0v) is 9.98. The van der Waals surface area contributed by atoms with Crippen LogP contribution in [0.15, 0.2) is 61.2 Å². The van der Waals surface area contributed by atoms with E-state index in [9.17, 15) is 0 Å². The first kappa shape index (κ1) is 10.8. The maximum atomic E-state index is 4.20. The van der Waals surface area contributed by atoms with Crippen LogP contribution in [0.1, 0.15) is 11.1 Å². The Morgan fingerprint density at radius 1 is 0.722 bits per heavy atom. The summed E-state index contributed by atoms with van der Waals surface area (Å²) < 4.78 is 3.84. The lowest BCUT2D eigenvalue weighted by Crippen LogP contribution is -2.02. The van der Waals surface area contributed by atoms with E-state index in [2.05, 4.69) is 34.5 Å². The lowest BCUT2D eigenvalue weighted by molar-refractivity contribution is 0.679. The molecule has 0 atom stereocenters. The van der Waals surface area contributed by atoms with Gasteiger partial charge in [-0.05, 0) is 23.3 Å². The lowest BCUT2D eigenvalue weighted by Gasteiger charge is -2.05. The van der Waals surface area contributed by atoms with E-state index in [1.54, 1.807) is 12.4 Å². The average Bonchev–Trinajstić information content (AvgIpc) is 3.05. The third kappa shape index (κ3) is 2.48. The molecule has 18 heavy (non-hydrogen) atoms. The average molecular weight is 238 g/mol. The Morgan fingerprint density at radius 3 is 1.50 bits per heavy atom. The van der Waals surface area contributed by atoms with E-state index >= 15 is 0 Å². The van der Waals surface area contributed by atoms with Gasteiger partial charge in [-0.2, -0.15) is 10.2 Å². The minimum Gasteiger partial charge on any atom is -0.268 e. The Hall–Kier alpha value is -2.36. The number of rotatable bonds is 4. The van der Waals surface area contributed by atoms with Gasteiger partial charge in [-0.3, -0.25) is 9.36 Å². The van der Waals surface area contributed by atoms with Crippen molar-refractivity contribution in [3.8, 4) is 0 Å². The summed E-state index contributed by atoms with van der Waals surface area (Å²) in [5, 5.41) is 8.39. The Labute approximate surface area is 105 Å². The maximum absolute atomic E-state index is 4.20. The van der Waals surface area contributed by atoms with Gasteiger partial charge in [0.05, 0.1) is 13.1 Å². The van der Waals surface area contributed by atoms with E-state index < -0.39 is 0 Å². The molecule has 0 radical (unpaired) electrons. The zero-order valence-electron chi connectivity index (χ0n) is 9.98. The highest BCUT2D eigenvalue weighted by molar-refractivity contribution is 5.22. The predicted octanol–water partition coefficient (Wildman–Crippen LogP) is 2.18. The topological polar surface area (TPSA) is 35.6 Å². The van der Waals surface area contributed by atoms with Gasteiger partial charge in [0.15, 0.2) is 0 Å². The number of benzene rings is 1. The second kappa shape index (κ2) is 4.87. The van der Waals surface area contributed by atoms with Gasteiger partial charge in [0.25, 0.3) is 0 Å². The molecular formula is C14H14N4. The molecule has 0 aliphatic heterocycles. The summed E-state index contributed by atoms with van der Waals surface area (Å²) in [4.78, 5) is 0. The van der Waals surface area contributed by atoms with Gasteiger partial charge in [0.1, 0.15) is 0 Å². The molecule has 0 bridgehead atoms. The molecule has 2 aromatic heterocycles. The molecule has 0 amide bonds. The van der Waals surface area contributed by atoms with E-state index in [1.165, 1.54) is 11.1 Å². The monoisotopic (exact) mass is 238 g/mol. The molecule has 0 fully saturated rings. The van der Waals surface area contributed by atoms with Crippen LogP contribution in [0.2, 0.25) is 0 Å². The third-order valence-electron chi connectivity index (χ3n) is 2.83. The maximum Gasteiger partial charge on any atom is 0.0659 e. The minimum absolute atomic E-state index is 0.815. The highest BCUT2D eigenvalue weighted by Gasteiger charge is 1.98. The van der Waals surface area contributed by atoms with Crippen LogP contribution in [0.25, 0.3) is 0 Å². The van der Waals surface area contributed by atoms with Crippen LogP contribution in [0.5, 0.6) is 0 Å². The summed E-state index contributed by atoms with van der Waals surface area (Å²) in [7, 11) is 0. The van der Waals surface area contributed by atoms with Crippen LogP contribution in [-0.2, 0) is 13.1 Å². The van der Waals surface area contributed by atoms with Gasteiger partial charge in [-0.1, -0.05) is 24.3 Å². The minimum atomic E-state index is 0.815. The Kier molecular flexibility index (Phi) is 2.92. The van der Waals surface area contributed by atoms with Crippen LogP contribution in [0, 0.1) is 0 Å². The van der Waals surface area contributed by atoms with E-state index in [0.29, 0.717) is 0 Å². The highest BCUT2D eigenvalue weighted by Crippen LogP contribution is 2.07. The van der Waals surface area contributed by atoms with Crippen LogP contribution < -0.4 is 0 Å². The largest absolute Gasteiger partial charge is 0.268 e. The van der Waals surface area contributed by atoms with Crippen molar-refractivity contribution in [1.29, 1.82) is 0 Å². The van der Waals surface area contributed by atoms with E-state index in [1.807, 2.05) is 33.9 Å². The van der Waals surface area contributed by atoms with E-state index in [4.69, 9.17) is 0 Å². The molecule has 0 N–H and O–H groups in total.